The Balaban J connectivity index is 2.46. The van der Waals surface area contributed by atoms with E-state index in [2.05, 4.69) is 4.90 Å². The molecule has 2 rings (SSSR count). The maximum absolute atomic E-state index is 12.1. The van der Waals surface area contributed by atoms with Crippen molar-refractivity contribution in [3.05, 3.63) is 10.4 Å². The lowest BCUT2D eigenvalue weighted by molar-refractivity contribution is 0.0603. The van der Waals surface area contributed by atoms with Crippen LogP contribution in [0.4, 0.5) is 10.7 Å². The summed E-state index contributed by atoms with van der Waals surface area (Å²) < 4.78 is 4.86. The normalized spacial score (nSPS) is 15.6. The van der Waals surface area contributed by atoms with Gasteiger partial charge in [0.15, 0.2) is 5.78 Å². The van der Waals surface area contributed by atoms with Crippen LogP contribution in [0.25, 0.3) is 0 Å². The smallest absolute Gasteiger partial charge is 0.343 e. The average molecular weight is 310 g/mol. The Morgan fingerprint density at radius 3 is 2.38 bits per heavy atom. The van der Waals surface area contributed by atoms with Gasteiger partial charge in [-0.25, -0.2) is 4.79 Å². The van der Waals surface area contributed by atoms with Gasteiger partial charge in [-0.2, -0.15) is 0 Å². The first-order valence-electron chi connectivity index (χ1n) is 7.38. The zero-order valence-electron chi connectivity index (χ0n) is 12.6. The molecule has 0 unspecified atom stereocenters. The van der Waals surface area contributed by atoms with Crippen molar-refractivity contribution < 1.29 is 14.3 Å². The molecule has 0 bridgehead atoms. The summed E-state index contributed by atoms with van der Waals surface area (Å²) in [6.45, 7) is 3.58. The highest BCUT2D eigenvalue weighted by Crippen LogP contribution is 2.40. The highest BCUT2D eigenvalue weighted by Gasteiger charge is 2.28. The summed E-state index contributed by atoms with van der Waals surface area (Å²) in [5, 5.41) is 0.790. The maximum Gasteiger partial charge on any atom is 0.343 e. The molecule has 5 nitrogen and oxygen atoms in total. The third-order valence-electron chi connectivity index (χ3n) is 3.78. The Hall–Kier alpha value is -1.56. The van der Waals surface area contributed by atoms with E-state index in [1.54, 1.807) is 6.92 Å². The van der Waals surface area contributed by atoms with Crippen LogP contribution >= 0.6 is 11.3 Å². The molecule has 2 heterocycles. The highest BCUT2D eigenvalue weighted by atomic mass is 32.1. The van der Waals surface area contributed by atoms with Crippen molar-refractivity contribution in [3.8, 4) is 0 Å². The Morgan fingerprint density at radius 2 is 1.86 bits per heavy atom. The molecule has 1 aliphatic rings. The quantitative estimate of drug-likeness (QED) is 0.683. The number of nitrogens with two attached hydrogens (primary N) is 1. The van der Waals surface area contributed by atoms with Crippen molar-refractivity contribution in [2.45, 2.75) is 39.0 Å². The predicted molar refractivity (Wildman–Crippen MR) is 85.4 cm³/mol. The minimum Gasteiger partial charge on any atom is -0.465 e. The van der Waals surface area contributed by atoms with Gasteiger partial charge in [-0.05, 0) is 12.8 Å². The van der Waals surface area contributed by atoms with Crippen LogP contribution in [0.3, 0.4) is 0 Å². The molecule has 1 aliphatic heterocycles. The van der Waals surface area contributed by atoms with Gasteiger partial charge in [-0.15, -0.1) is 11.3 Å². The van der Waals surface area contributed by atoms with E-state index >= 15 is 0 Å². The van der Waals surface area contributed by atoms with Gasteiger partial charge in [0.25, 0.3) is 0 Å². The van der Waals surface area contributed by atoms with Crippen molar-refractivity contribution in [1.29, 1.82) is 0 Å². The van der Waals surface area contributed by atoms with Gasteiger partial charge < -0.3 is 15.4 Å². The second kappa shape index (κ2) is 6.93. The molecule has 0 aliphatic carbocycles. The zero-order valence-corrected chi connectivity index (χ0v) is 13.4. The molecule has 0 spiro atoms. The fourth-order valence-corrected chi connectivity index (χ4v) is 3.87. The number of carbonyl (C=O) groups excluding carboxylic acids is 2. The number of carbonyl (C=O) groups is 2. The van der Waals surface area contributed by atoms with E-state index in [1.165, 1.54) is 31.3 Å². The van der Waals surface area contributed by atoms with E-state index in [9.17, 15) is 9.59 Å². The van der Waals surface area contributed by atoms with Crippen molar-refractivity contribution in [2.24, 2.45) is 0 Å². The lowest BCUT2D eigenvalue weighted by Crippen LogP contribution is -2.25. The molecule has 6 heteroatoms. The van der Waals surface area contributed by atoms with Gasteiger partial charge >= 0.3 is 5.97 Å². The summed E-state index contributed by atoms with van der Waals surface area (Å²) >= 11 is 1.33. The summed E-state index contributed by atoms with van der Waals surface area (Å²) in [4.78, 5) is 26.8. The Kier molecular flexibility index (Phi) is 5.22. The Labute approximate surface area is 129 Å². The van der Waals surface area contributed by atoms with Gasteiger partial charge in [-0.3, -0.25) is 4.79 Å². The van der Waals surface area contributed by atoms with Gasteiger partial charge in [0, 0.05) is 19.5 Å². The minimum absolute atomic E-state index is 0.0243. The van der Waals surface area contributed by atoms with Crippen LogP contribution < -0.4 is 10.6 Å². The molecule has 1 saturated heterocycles. The number of ketones is 1. The van der Waals surface area contributed by atoms with Crippen molar-refractivity contribution in [1.82, 2.24) is 0 Å². The van der Waals surface area contributed by atoms with Gasteiger partial charge in [-0.1, -0.05) is 19.8 Å². The van der Waals surface area contributed by atoms with E-state index in [1.807, 2.05) is 0 Å². The van der Waals surface area contributed by atoms with Gasteiger partial charge in [0.05, 0.1) is 17.7 Å². The maximum atomic E-state index is 12.1. The molecule has 1 aromatic rings. The van der Waals surface area contributed by atoms with Crippen LogP contribution in [0, 0.1) is 0 Å². The summed E-state index contributed by atoms with van der Waals surface area (Å²) in [7, 11) is 1.34. The number of hydrogen-bond acceptors (Lipinski definition) is 6. The number of hydrogen-bond donors (Lipinski definition) is 1. The molecule has 2 N–H and O–H groups in total. The number of methoxy groups -OCH3 is 1. The molecule has 116 valence electrons. The second-order valence-corrected chi connectivity index (χ2v) is 6.19. The van der Waals surface area contributed by atoms with Crippen LogP contribution in [0.15, 0.2) is 0 Å². The number of rotatable bonds is 4. The topological polar surface area (TPSA) is 72.6 Å². The molecule has 0 radical (unpaired) electrons. The molecule has 0 aromatic carbocycles. The summed E-state index contributed by atoms with van der Waals surface area (Å²) in [5.41, 5.74) is 6.70. The van der Waals surface area contributed by atoms with E-state index in [-0.39, 0.29) is 11.5 Å². The second-order valence-electron chi connectivity index (χ2n) is 5.19. The fraction of sp³-hybridized carbons (Fsp3) is 0.600. The van der Waals surface area contributed by atoms with Crippen LogP contribution in [0.5, 0.6) is 0 Å². The predicted octanol–water partition coefficient (Wildman–Crippen LogP) is 3.09. The number of esters is 1. The molecule has 0 amide bonds. The van der Waals surface area contributed by atoms with Crippen LogP contribution in [-0.4, -0.2) is 32.0 Å². The largest absolute Gasteiger partial charge is 0.465 e. The van der Waals surface area contributed by atoms with E-state index in [0.29, 0.717) is 16.9 Å². The van der Waals surface area contributed by atoms with Crippen molar-refractivity contribution in [2.75, 3.05) is 30.8 Å². The van der Waals surface area contributed by atoms with Gasteiger partial charge in [0.2, 0.25) is 0 Å². The first-order valence-corrected chi connectivity index (χ1v) is 8.20. The zero-order chi connectivity index (χ0) is 15.4. The van der Waals surface area contributed by atoms with Crippen LogP contribution in [0.2, 0.25) is 0 Å². The van der Waals surface area contributed by atoms with Crippen LogP contribution in [-0.2, 0) is 4.74 Å². The molecule has 1 aromatic heterocycles. The SMILES string of the molecule is CCC(=O)c1sc(N2CCCCCC2)c(C(=O)OC)c1N. The first-order chi connectivity index (χ1) is 10.1. The molecular formula is C15H22N2O3S. The number of anilines is 2. The molecule has 0 saturated carbocycles. The first kappa shape index (κ1) is 15.8. The van der Waals surface area contributed by atoms with E-state index in [4.69, 9.17) is 10.5 Å². The number of nitrogen functional groups attached to an aromatic ring is 1. The third kappa shape index (κ3) is 3.20. The number of thiophene rings is 1. The third-order valence-corrected chi connectivity index (χ3v) is 5.09. The lowest BCUT2D eigenvalue weighted by atomic mass is 10.1. The monoisotopic (exact) mass is 310 g/mol. The summed E-state index contributed by atoms with van der Waals surface area (Å²) in [6, 6.07) is 0. The van der Waals surface area contributed by atoms with Crippen molar-refractivity contribution >= 4 is 33.8 Å². The number of Topliss-reactive ketones (excluding diaryl/α,β-unsaturated/α-hetero) is 1. The Bertz CT molecular complexity index is 531. The summed E-state index contributed by atoms with van der Waals surface area (Å²) in [6.07, 6.45) is 4.97. The minimum atomic E-state index is -0.460. The number of ether oxygens (including phenoxy) is 1. The van der Waals surface area contributed by atoms with Gasteiger partial charge in [0.1, 0.15) is 10.6 Å². The fourth-order valence-electron chi connectivity index (χ4n) is 2.59. The standard InChI is InChI=1S/C15H22N2O3S/c1-3-10(18)13-12(16)11(15(19)20-2)14(21-13)17-8-6-4-5-7-9-17/h3-9,16H2,1-2H3. The van der Waals surface area contributed by atoms with E-state index < -0.39 is 5.97 Å². The summed E-state index contributed by atoms with van der Waals surface area (Å²) in [5.74, 6) is -0.484. The number of nitrogens with zero attached hydrogens (tertiary/aromatic N) is 1. The molecular weight excluding hydrogens is 288 g/mol. The average Bonchev–Trinajstić information content (AvgIpc) is 2.69. The molecule has 1 fully saturated rings. The van der Waals surface area contributed by atoms with Crippen LogP contribution in [0.1, 0.15) is 59.1 Å². The van der Waals surface area contributed by atoms with E-state index in [0.717, 1.165) is 30.9 Å². The molecule has 0 atom stereocenters. The lowest BCUT2D eigenvalue weighted by Gasteiger charge is -2.21. The highest BCUT2D eigenvalue weighted by molar-refractivity contribution is 7.19. The Morgan fingerprint density at radius 1 is 1.24 bits per heavy atom. The van der Waals surface area contributed by atoms with Crippen molar-refractivity contribution in [3.63, 3.8) is 0 Å². The molecule has 21 heavy (non-hydrogen) atoms.